The van der Waals surface area contributed by atoms with E-state index < -0.39 is 23.6 Å². The van der Waals surface area contributed by atoms with Crippen molar-refractivity contribution in [2.24, 2.45) is 5.92 Å². The fraction of sp³-hybridized carbons (Fsp3) is 0.600. The van der Waals surface area contributed by atoms with Gasteiger partial charge in [-0.05, 0) is 0 Å². The van der Waals surface area contributed by atoms with Crippen LogP contribution >= 0.6 is 0 Å². The van der Waals surface area contributed by atoms with E-state index >= 15 is 0 Å². The summed E-state index contributed by atoms with van der Waals surface area (Å²) in [6.07, 6.45) is 0.728. The molecule has 3 atom stereocenters. The van der Waals surface area contributed by atoms with Crippen LogP contribution in [-0.2, 0) is 4.74 Å². The minimum Gasteiger partial charge on any atom is -0.396 e. The molecule has 7 heteroatoms. The molecular formula is C10H14N2O5. The van der Waals surface area contributed by atoms with Crippen LogP contribution in [-0.4, -0.2) is 39.1 Å². The standard InChI is InChI=1S/C10H14N2O5/c13-4-6-3-9(17-7(6)5-14)12-2-1-8(15)11-10(12)16/h1-2,6-7,9,13-14H,3-5H2,(H,11,15,16)/t6-,7-,9-/m1/s1. The first-order chi connectivity index (χ1) is 8.15. The minimum absolute atomic E-state index is 0.111. The molecule has 1 aromatic heterocycles. The van der Waals surface area contributed by atoms with Gasteiger partial charge in [-0.2, -0.15) is 0 Å². The van der Waals surface area contributed by atoms with E-state index in [1.54, 1.807) is 0 Å². The van der Waals surface area contributed by atoms with E-state index in [0.717, 1.165) is 0 Å². The number of H-pyrrole nitrogens is 1. The largest absolute Gasteiger partial charge is 0.396 e. The van der Waals surface area contributed by atoms with Gasteiger partial charge in [0.2, 0.25) is 0 Å². The van der Waals surface area contributed by atoms with E-state index in [0.29, 0.717) is 6.42 Å². The quantitative estimate of drug-likeness (QED) is 0.593. The highest BCUT2D eigenvalue weighted by atomic mass is 16.5. The van der Waals surface area contributed by atoms with Gasteiger partial charge in [0.15, 0.2) is 0 Å². The number of rotatable bonds is 3. The van der Waals surface area contributed by atoms with Crippen molar-refractivity contribution in [1.29, 1.82) is 0 Å². The van der Waals surface area contributed by atoms with Crippen LogP contribution in [0.3, 0.4) is 0 Å². The van der Waals surface area contributed by atoms with Gasteiger partial charge in [0.1, 0.15) is 6.23 Å². The molecule has 0 amide bonds. The molecule has 1 aliphatic rings. The summed E-state index contributed by atoms with van der Waals surface area (Å²) in [5, 5.41) is 18.2. The van der Waals surface area contributed by atoms with Crippen molar-refractivity contribution in [3.63, 3.8) is 0 Å². The molecule has 2 heterocycles. The predicted octanol–water partition coefficient (Wildman–Crippen LogP) is -1.58. The molecule has 0 aliphatic carbocycles. The van der Waals surface area contributed by atoms with Crippen molar-refractivity contribution in [2.75, 3.05) is 13.2 Å². The summed E-state index contributed by atoms with van der Waals surface area (Å²) in [4.78, 5) is 24.6. The average Bonchev–Trinajstić information content (AvgIpc) is 2.72. The highest BCUT2D eigenvalue weighted by Gasteiger charge is 2.35. The van der Waals surface area contributed by atoms with Gasteiger partial charge in [0, 0.05) is 31.2 Å². The molecule has 3 N–H and O–H groups in total. The summed E-state index contributed by atoms with van der Waals surface area (Å²) < 4.78 is 6.70. The summed E-state index contributed by atoms with van der Waals surface area (Å²) in [6.45, 7) is -0.320. The normalized spacial score (nSPS) is 28.5. The van der Waals surface area contributed by atoms with Crippen LogP contribution in [0.4, 0.5) is 0 Å². The Bertz CT molecular complexity index is 482. The number of aliphatic hydroxyl groups excluding tert-OH is 2. The number of ether oxygens (including phenoxy) is 1. The lowest BCUT2D eigenvalue weighted by Crippen LogP contribution is -2.31. The second-order valence-corrected chi connectivity index (χ2v) is 4.01. The number of nitrogens with one attached hydrogen (secondary N) is 1. The van der Waals surface area contributed by atoms with E-state index in [4.69, 9.17) is 14.9 Å². The molecule has 0 saturated carbocycles. The van der Waals surface area contributed by atoms with Gasteiger partial charge in [-0.1, -0.05) is 0 Å². The van der Waals surface area contributed by atoms with Gasteiger partial charge in [-0.15, -0.1) is 0 Å². The fourth-order valence-electron chi connectivity index (χ4n) is 2.00. The maximum Gasteiger partial charge on any atom is 0.330 e. The zero-order valence-electron chi connectivity index (χ0n) is 9.07. The topological polar surface area (TPSA) is 105 Å². The first-order valence-electron chi connectivity index (χ1n) is 5.34. The summed E-state index contributed by atoms with van der Waals surface area (Å²) >= 11 is 0. The Morgan fingerprint density at radius 1 is 1.41 bits per heavy atom. The molecule has 0 aromatic carbocycles. The molecule has 0 radical (unpaired) electrons. The van der Waals surface area contributed by atoms with Crippen molar-refractivity contribution in [2.45, 2.75) is 18.8 Å². The van der Waals surface area contributed by atoms with Crippen LogP contribution in [0.5, 0.6) is 0 Å². The second kappa shape index (κ2) is 4.82. The molecule has 1 aromatic rings. The van der Waals surface area contributed by atoms with Crippen LogP contribution < -0.4 is 11.2 Å². The smallest absolute Gasteiger partial charge is 0.330 e. The third-order valence-corrected chi connectivity index (χ3v) is 2.94. The molecule has 94 valence electrons. The number of hydrogen-bond acceptors (Lipinski definition) is 5. The fourth-order valence-corrected chi connectivity index (χ4v) is 2.00. The third kappa shape index (κ3) is 2.31. The van der Waals surface area contributed by atoms with E-state index in [9.17, 15) is 9.59 Å². The van der Waals surface area contributed by atoms with E-state index in [-0.39, 0.29) is 19.1 Å². The molecule has 1 aliphatic heterocycles. The first-order valence-corrected chi connectivity index (χ1v) is 5.34. The lowest BCUT2D eigenvalue weighted by atomic mass is 10.0. The molecule has 2 rings (SSSR count). The van der Waals surface area contributed by atoms with Gasteiger partial charge >= 0.3 is 5.69 Å². The monoisotopic (exact) mass is 242 g/mol. The Morgan fingerprint density at radius 3 is 2.71 bits per heavy atom. The number of aliphatic hydroxyl groups is 2. The second-order valence-electron chi connectivity index (χ2n) is 4.01. The van der Waals surface area contributed by atoms with E-state index in [1.165, 1.54) is 16.8 Å². The van der Waals surface area contributed by atoms with E-state index in [1.807, 2.05) is 0 Å². The van der Waals surface area contributed by atoms with Crippen molar-refractivity contribution >= 4 is 0 Å². The number of nitrogens with zero attached hydrogens (tertiary/aromatic N) is 1. The Balaban J connectivity index is 2.25. The molecular weight excluding hydrogens is 228 g/mol. The minimum atomic E-state index is -0.561. The maximum atomic E-state index is 11.5. The maximum absolute atomic E-state index is 11.5. The Kier molecular flexibility index (Phi) is 3.41. The lowest BCUT2D eigenvalue weighted by molar-refractivity contribution is -0.0366. The summed E-state index contributed by atoms with van der Waals surface area (Å²) in [6, 6.07) is 1.23. The van der Waals surface area contributed by atoms with Crippen LogP contribution in [0.1, 0.15) is 12.6 Å². The van der Waals surface area contributed by atoms with Gasteiger partial charge < -0.3 is 14.9 Å². The Morgan fingerprint density at radius 2 is 2.18 bits per heavy atom. The number of aromatic amines is 1. The molecule has 1 fully saturated rings. The van der Waals surface area contributed by atoms with E-state index in [2.05, 4.69) is 4.98 Å². The third-order valence-electron chi connectivity index (χ3n) is 2.94. The predicted molar refractivity (Wildman–Crippen MR) is 57.5 cm³/mol. The summed E-state index contributed by atoms with van der Waals surface area (Å²) in [7, 11) is 0. The van der Waals surface area contributed by atoms with Crippen LogP contribution in [0.15, 0.2) is 21.9 Å². The average molecular weight is 242 g/mol. The Labute approximate surface area is 96.3 Å². The number of hydrogen-bond donors (Lipinski definition) is 3. The lowest BCUT2D eigenvalue weighted by Gasteiger charge is -2.14. The first kappa shape index (κ1) is 12.0. The van der Waals surface area contributed by atoms with Gasteiger partial charge in [0.05, 0.1) is 12.7 Å². The van der Waals surface area contributed by atoms with Crippen LogP contribution in [0.2, 0.25) is 0 Å². The highest BCUT2D eigenvalue weighted by molar-refractivity contribution is 4.88. The van der Waals surface area contributed by atoms with Crippen molar-refractivity contribution in [3.8, 4) is 0 Å². The van der Waals surface area contributed by atoms with Crippen molar-refractivity contribution in [3.05, 3.63) is 33.1 Å². The molecule has 1 saturated heterocycles. The summed E-state index contributed by atoms with van der Waals surface area (Å²) in [5.74, 6) is -0.205. The van der Waals surface area contributed by atoms with Gasteiger partial charge in [-0.25, -0.2) is 4.79 Å². The van der Waals surface area contributed by atoms with Crippen molar-refractivity contribution < 1.29 is 14.9 Å². The summed E-state index contributed by atoms with van der Waals surface area (Å²) in [5.41, 5.74) is -1.03. The zero-order chi connectivity index (χ0) is 12.4. The van der Waals surface area contributed by atoms with Crippen LogP contribution in [0.25, 0.3) is 0 Å². The molecule has 0 bridgehead atoms. The van der Waals surface area contributed by atoms with Gasteiger partial charge in [-0.3, -0.25) is 14.3 Å². The number of aromatic nitrogens is 2. The highest BCUT2D eigenvalue weighted by Crippen LogP contribution is 2.31. The molecule has 0 spiro atoms. The molecule has 17 heavy (non-hydrogen) atoms. The SMILES string of the molecule is O=c1ccn([C@H]2C[C@H](CO)[C@@H](CO)O2)c(=O)[nH]1. The zero-order valence-corrected chi connectivity index (χ0v) is 9.07. The van der Waals surface area contributed by atoms with Crippen LogP contribution in [0, 0.1) is 5.92 Å². The molecule has 7 nitrogen and oxygen atoms in total. The van der Waals surface area contributed by atoms with Crippen molar-refractivity contribution in [1.82, 2.24) is 9.55 Å². The van der Waals surface area contributed by atoms with Gasteiger partial charge in [0.25, 0.3) is 5.56 Å². The molecule has 0 unspecified atom stereocenters. The Hall–Kier alpha value is -1.44.